The second kappa shape index (κ2) is 13.0. The van der Waals surface area contributed by atoms with Crippen LogP contribution in [-0.4, -0.2) is 70.0 Å². The molecule has 126 valence electrons. The van der Waals surface area contributed by atoms with E-state index < -0.39 is 11.5 Å². The average molecular weight is 307 g/mol. The van der Waals surface area contributed by atoms with Gasteiger partial charge in [0.1, 0.15) is 5.54 Å². The van der Waals surface area contributed by atoms with Crippen molar-refractivity contribution in [2.24, 2.45) is 5.73 Å². The summed E-state index contributed by atoms with van der Waals surface area (Å²) >= 11 is 0. The van der Waals surface area contributed by atoms with Gasteiger partial charge in [-0.25, -0.2) is 0 Å². The van der Waals surface area contributed by atoms with Gasteiger partial charge in [-0.1, -0.05) is 0 Å². The lowest BCUT2D eigenvalue weighted by atomic mass is 9.97. The largest absolute Gasteiger partial charge is 0.480 e. The van der Waals surface area contributed by atoms with Crippen LogP contribution in [0.15, 0.2) is 0 Å². The number of nitrogens with two attached hydrogens (primary N) is 1. The van der Waals surface area contributed by atoms with E-state index >= 15 is 0 Å². The minimum absolute atomic E-state index is 0.445. The Morgan fingerprint density at radius 2 is 1.43 bits per heavy atom. The van der Waals surface area contributed by atoms with Gasteiger partial charge in [-0.2, -0.15) is 0 Å². The molecule has 0 aliphatic rings. The number of hydrogen-bond acceptors (Lipinski definition) is 6. The molecule has 0 aliphatic carbocycles. The summed E-state index contributed by atoms with van der Waals surface area (Å²) in [5, 5.41) is 8.84. The van der Waals surface area contributed by atoms with Crippen LogP contribution in [0.25, 0.3) is 0 Å². The first-order valence-electron chi connectivity index (χ1n) is 7.25. The van der Waals surface area contributed by atoms with Crippen LogP contribution in [0.2, 0.25) is 0 Å². The van der Waals surface area contributed by atoms with Gasteiger partial charge >= 0.3 is 5.97 Å². The Bertz CT molecular complexity index is 260. The molecule has 0 aliphatic heterocycles. The Kier molecular flexibility index (Phi) is 12.5. The Labute approximate surface area is 126 Å². The molecular weight excluding hydrogens is 278 g/mol. The van der Waals surface area contributed by atoms with E-state index in [4.69, 9.17) is 29.8 Å². The van der Waals surface area contributed by atoms with Gasteiger partial charge in [-0.15, -0.1) is 0 Å². The second-order valence-corrected chi connectivity index (χ2v) is 5.01. The number of aliphatic carboxylic acids is 1. The highest BCUT2D eigenvalue weighted by Gasteiger charge is 2.26. The van der Waals surface area contributed by atoms with Gasteiger partial charge in [0.15, 0.2) is 0 Å². The van der Waals surface area contributed by atoms with E-state index in [1.54, 1.807) is 7.11 Å². The molecule has 3 N–H and O–H groups in total. The minimum Gasteiger partial charge on any atom is -0.480 e. The zero-order chi connectivity index (χ0) is 16.0. The predicted molar refractivity (Wildman–Crippen MR) is 78.4 cm³/mol. The molecule has 0 radical (unpaired) electrons. The molecule has 0 bridgehead atoms. The number of unbranched alkanes of at least 4 members (excludes halogenated alkanes) is 1. The SMILES string of the molecule is COCCOCCOCCOCCCCC(C)(N)C(=O)O. The molecule has 0 amide bonds. The van der Waals surface area contributed by atoms with Crippen molar-refractivity contribution in [1.29, 1.82) is 0 Å². The molecule has 0 saturated heterocycles. The van der Waals surface area contributed by atoms with Crippen molar-refractivity contribution >= 4 is 5.97 Å². The summed E-state index contributed by atoms with van der Waals surface area (Å²) in [5.74, 6) is -0.968. The van der Waals surface area contributed by atoms with Crippen molar-refractivity contribution in [3.63, 3.8) is 0 Å². The van der Waals surface area contributed by atoms with Crippen LogP contribution in [0.1, 0.15) is 26.2 Å². The fourth-order valence-electron chi connectivity index (χ4n) is 1.49. The first-order valence-corrected chi connectivity index (χ1v) is 7.25. The molecule has 0 aromatic carbocycles. The average Bonchev–Trinajstić information content (AvgIpc) is 2.43. The van der Waals surface area contributed by atoms with Gasteiger partial charge in [0.25, 0.3) is 0 Å². The van der Waals surface area contributed by atoms with Gasteiger partial charge in [-0.3, -0.25) is 4.79 Å². The summed E-state index contributed by atoms with van der Waals surface area (Å²) in [4.78, 5) is 10.8. The molecule has 0 rings (SSSR count). The van der Waals surface area contributed by atoms with E-state index in [1.165, 1.54) is 6.92 Å². The maximum atomic E-state index is 10.8. The molecule has 0 spiro atoms. The fourth-order valence-corrected chi connectivity index (χ4v) is 1.49. The normalized spacial score (nSPS) is 14.0. The highest BCUT2D eigenvalue weighted by Crippen LogP contribution is 2.10. The highest BCUT2D eigenvalue weighted by atomic mass is 16.6. The van der Waals surface area contributed by atoms with Crippen LogP contribution in [0.5, 0.6) is 0 Å². The monoisotopic (exact) mass is 307 g/mol. The maximum Gasteiger partial charge on any atom is 0.323 e. The fraction of sp³-hybridized carbons (Fsp3) is 0.929. The molecular formula is C14H29NO6. The smallest absolute Gasteiger partial charge is 0.323 e. The van der Waals surface area contributed by atoms with Crippen LogP contribution in [0, 0.1) is 0 Å². The van der Waals surface area contributed by atoms with E-state index in [2.05, 4.69) is 0 Å². The summed E-state index contributed by atoms with van der Waals surface area (Å²) in [6, 6.07) is 0. The van der Waals surface area contributed by atoms with E-state index in [1.807, 2.05) is 0 Å². The first-order chi connectivity index (χ1) is 10.0. The molecule has 0 heterocycles. The lowest BCUT2D eigenvalue weighted by Crippen LogP contribution is -2.44. The molecule has 7 heteroatoms. The van der Waals surface area contributed by atoms with Gasteiger partial charge in [0, 0.05) is 13.7 Å². The van der Waals surface area contributed by atoms with E-state index in [9.17, 15) is 4.79 Å². The van der Waals surface area contributed by atoms with Crippen molar-refractivity contribution in [3.8, 4) is 0 Å². The van der Waals surface area contributed by atoms with Crippen LogP contribution in [-0.2, 0) is 23.7 Å². The van der Waals surface area contributed by atoms with E-state index in [-0.39, 0.29) is 0 Å². The van der Waals surface area contributed by atoms with Crippen LogP contribution in [0.4, 0.5) is 0 Å². The highest BCUT2D eigenvalue weighted by molar-refractivity contribution is 5.77. The Balaban J connectivity index is 3.18. The third kappa shape index (κ3) is 12.7. The maximum absolute atomic E-state index is 10.8. The van der Waals surface area contributed by atoms with Crippen molar-refractivity contribution in [1.82, 2.24) is 0 Å². The summed E-state index contributed by atoms with van der Waals surface area (Å²) in [7, 11) is 1.63. The molecule has 7 nitrogen and oxygen atoms in total. The van der Waals surface area contributed by atoms with Crippen molar-refractivity contribution in [3.05, 3.63) is 0 Å². The molecule has 0 aromatic rings. The quantitative estimate of drug-likeness (QED) is 0.428. The third-order valence-corrected chi connectivity index (χ3v) is 2.90. The van der Waals surface area contributed by atoms with Gasteiger partial charge in [0.05, 0.1) is 39.6 Å². The number of methoxy groups -OCH3 is 1. The summed E-state index contributed by atoms with van der Waals surface area (Å²) < 4.78 is 20.8. The van der Waals surface area contributed by atoms with Gasteiger partial charge < -0.3 is 29.8 Å². The lowest BCUT2D eigenvalue weighted by Gasteiger charge is -2.18. The second-order valence-electron chi connectivity index (χ2n) is 5.01. The summed E-state index contributed by atoms with van der Waals surface area (Å²) in [6.07, 6.45) is 1.97. The Hall–Kier alpha value is -0.730. The van der Waals surface area contributed by atoms with Crippen LogP contribution in [0.3, 0.4) is 0 Å². The van der Waals surface area contributed by atoms with Crippen LogP contribution < -0.4 is 5.73 Å². The van der Waals surface area contributed by atoms with Crippen LogP contribution >= 0.6 is 0 Å². The van der Waals surface area contributed by atoms with Crippen molar-refractivity contribution < 1.29 is 28.8 Å². The molecule has 21 heavy (non-hydrogen) atoms. The molecule has 1 unspecified atom stereocenters. The minimum atomic E-state index is -1.15. The zero-order valence-corrected chi connectivity index (χ0v) is 13.1. The number of ether oxygens (including phenoxy) is 4. The summed E-state index contributed by atoms with van der Waals surface area (Å²) in [5.41, 5.74) is 4.47. The Morgan fingerprint density at radius 3 is 1.90 bits per heavy atom. The predicted octanol–water partition coefficient (Wildman–Crippen LogP) is 0.655. The standard InChI is InChI=1S/C14H29NO6/c1-14(15,13(16)17)5-3-4-6-19-9-10-21-12-11-20-8-7-18-2/h3-12,15H2,1-2H3,(H,16,17). The third-order valence-electron chi connectivity index (χ3n) is 2.90. The van der Waals surface area contributed by atoms with Gasteiger partial charge in [-0.05, 0) is 26.2 Å². The molecule has 0 fully saturated rings. The zero-order valence-electron chi connectivity index (χ0n) is 13.1. The number of carbonyl (C=O) groups is 1. The van der Waals surface area contributed by atoms with E-state index in [0.29, 0.717) is 52.7 Å². The van der Waals surface area contributed by atoms with Crippen molar-refractivity contribution in [2.75, 3.05) is 53.4 Å². The topological polar surface area (TPSA) is 100 Å². The number of rotatable bonds is 15. The number of hydrogen-bond donors (Lipinski definition) is 2. The molecule has 0 saturated carbocycles. The van der Waals surface area contributed by atoms with E-state index in [0.717, 1.165) is 12.8 Å². The number of carboxylic acids is 1. The lowest BCUT2D eigenvalue weighted by molar-refractivity contribution is -0.142. The molecule has 0 aromatic heterocycles. The van der Waals surface area contributed by atoms with Gasteiger partial charge in [0.2, 0.25) is 0 Å². The molecule has 1 atom stereocenters. The Morgan fingerprint density at radius 1 is 0.952 bits per heavy atom. The van der Waals surface area contributed by atoms with Crippen molar-refractivity contribution in [2.45, 2.75) is 31.7 Å². The summed E-state index contributed by atoms with van der Waals surface area (Å²) in [6.45, 7) is 5.42. The first kappa shape index (κ1) is 20.3. The number of carboxylic acid groups (broad SMARTS) is 1.